The normalized spacial score (nSPS) is 25.6. The van der Waals surface area contributed by atoms with Crippen molar-refractivity contribution in [1.29, 1.82) is 0 Å². The maximum atomic E-state index is 5.73. The van der Waals surface area contributed by atoms with Gasteiger partial charge < -0.3 is 18.9 Å². The van der Waals surface area contributed by atoms with Crippen LogP contribution in [0.3, 0.4) is 0 Å². The van der Waals surface area contributed by atoms with Crippen LogP contribution in [0.5, 0.6) is 0 Å². The van der Waals surface area contributed by atoms with Crippen molar-refractivity contribution in [2.75, 3.05) is 26.4 Å². The number of rotatable bonds is 10. The summed E-state index contributed by atoms with van der Waals surface area (Å²) in [5.74, 6) is 0. The van der Waals surface area contributed by atoms with Crippen LogP contribution in [0.25, 0.3) is 0 Å². The van der Waals surface area contributed by atoms with Gasteiger partial charge in [0.2, 0.25) is 0 Å². The molecule has 4 heteroatoms. The lowest BCUT2D eigenvalue weighted by Gasteiger charge is -2.34. The minimum atomic E-state index is -0.229. The second-order valence-electron chi connectivity index (χ2n) is 4.00. The Labute approximate surface area is 115 Å². The van der Waals surface area contributed by atoms with Crippen molar-refractivity contribution in [3.8, 4) is 0 Å². The van der Waals surface area contributed by atoms with E-state index in [0.29, 0.717) is 26.4 Å². The molecule has 0 N–H and O–H groups in total. The van der Waals surface area contributed by atoms with Gasteiger partial charge >= 0.3 is 0 Å². The third kappa shape index (κ3) is 5.42. The van der Waals surface area contributed by atoms with Crippen LogP contribution in [0.4, 0.5) is 0 Å². The van der Waals surface area contributed by atoms with Crippen LogP contribution >= 0.6 is 0 Å². The van der Waals surface area contributed by atoms with Crippen LogP contribution in [0.1, 0.15) is 0 Å². The highest BCUT2D eigenvalue weighted by Crippen LogP contribution is 2.19. The molecule has 4 nitrogen and oxygen atoms in total. The van der Waals surface area contributed by atoms with Gasteiger partial charge in [-0.3, -0.25) is 0 Å². The molecular formula is C15H22O4. The SMILES string of the molecule is C=CCOC[C@H]1OC=C[C@@H](OCC=C)[C@H]1OCC=C. The fourth-order valence-corrected chi connectivity index (χ4v) is 1.73. The Kier molecular flexibility index (Phi) is 7.89. The third-order valence-corrected chi connectivity index (χ3v) is 2.54. The van der Waals surface area contributed by atoms with Gasteiger partial charge in [-0.05, 0) is 6.08 Å². The minimum absolute atomic E-state index is 0.177. The lowest BCUT2D eigenvalue weighted by atomic mass is 10.1. The van der Waals surface area contributed by atoms with Crippen LogP contribution in [0.15, 0.2) is 50.3 Å². The highest BCUT2D eigenvalue weighted by Gasteiger charge is 2.33. The molecule has 0 spiro atoms. The molecule has 0 radical (unpaired) electrons. The van der Waals surface area contributed by atoms with E-state index in [1.807, 2.05) is 6.08 Å². The summed E-state index contributed by atoms with van der Waals surface area (Å²) in [6.07, 6.45) is 7.95. The molecule has 0 saturated heterocycles. The van der Waals surface area contributed by atoms with Crippen molar-refractivity contribution in [1.82, 2.24) is 0 Å². The second kappa shape index (κ2) is 9.55. The Morgan fingerprint density at radius 1 is 1.00 bits per heavy atom. The molecule has 0 aromatic heterocycles. The van der Waals surface area contributed by atoms with Crippen LogP contribution in [0, 0.1) is 0 Å². The minimum Gasteiger partial charge on any atom is -0.493 e. The van der Waals surface area contributed by atoms with Crippen LogP contribution in [0.2, 0.25) is 0 Å². The van der Waals surface area contributed by atoms with Gasteiger partial charge in [-0.2, -0.15) is 0 Å². The Hall–Kier alpha value is -1.36. The van der Waals surface area contributed by atoms with Gasteiger partial charge in [-0.25, -0.2) is 0 Å². The van der Waals surface area contributed by atoms with E-state index in [4.69, 9.17) is 18.9 Å². The van der Waals surface area contributed by atoms with E-state index >= 15 is 0 Å². The van der Waals surface area contributed by atoms with E-state index in [1.165, 1.54) is 0 Å². The van der Waals surface area contributed by atoms with Crippen LogP contribution in [-0.4, -0.2) is 44.7 Å². The molecule has 0 aromatic carbocycles. The maximum absolute atomic E-state index is 5.73. The quantitative estimate of drug-likeness (QED) is 0.449. The molecule has 1 aliphatic rings. The molecule has 0 aromatic rings. The molecule has 1 rings (SSSR count). The first-order chi connectivity index (χ1) is 9.33. The number of ether oxygens (including phenoxy) is 4. The molecule has 3 atom stereocenters. The monoisotopic (exact) mass is 266 g/mol. The summed E-state index contributed by atoms with van der Waals surface area (Å²) in [7, 11) is 0. The predicted octanol–water partition coefficient (Wildman–Crippen LogP) is 2.24. The standard InChI is InChI=1S/C15H22O4/c1-4-8-16-12-14-15(19-10-6-3)13(7-11-18-14)17-9-5-2/h4-7,11,13-15H,1-3,8-10,12H2/t13-,14-,15-/m1/s1. The number of hydrogen-bond acceptors (Lipinski definition) is 4. The summed E-state index contributed by atoms with van der Waals surface area (Å²) in [6.45, 7) is 12.7. The van der Waals surface area contributed by atoms with Crippen molar-refractivity contribution in [2.24, 2.45) is 0 Å². The third-order valence-electron chi connectivity index (χ3n) is 2.54. The summed E-state index contributed by atoms with van der Waals surface area (Å²) in [5, 5.41) is 0. The van der Waals surface area contributed by atoms with Gasteiger partial charge in [-0.15, -0.1) is 19.7 Å². The first kappa shape index (κ1) is 15.7. The molecule has 19 heavy (non-hydrogen) atoms. The molecule has 1 heterocycles. The molecule has 0 unspecified atom stereocenters. The average Bonchev–Trinajstić information content (AvgIpc) is 2.44. The molecule has 0 aliphatic carbocycles. The predicted molar refractivity (Wildman–Crippen MR) is 74.9 cm³/mol. The molecule has 0 saturated carbocycles. The fourth-order valence-electron chi connectivity index (χ4n) is 1.73. The number of hydrogen-bond donors (Lipinski definition) is 0. The molecule has 1 aliphatic heterocycles. The molecular weight excluding hydrogens is 244 g/mol. The van der Waals surface area contributed by atoms with Gasteiger partial charge in [0.15, 0.2) is 0 Å². The lowest BCUT2D eigenvalue weighted by Crippen LogP contribution is -2.46. The first-order valence-corrected chi connectivity index (χ1v) is 6.29. The zero-order chi connectivity index (χ0) is 13.9. The van der Waals surface area contributed by atoms with Crippen molar-refractivity contribution in [3.63, 3.8) is 0 Å². The van der Waals surface area contributed by atoms with Gasteiger partial charge in [-0.1, -0.05) is 18.2 Å². The Morgan fingerprint density at radius 3 is 2.37 bits per heavy atom. The second-order valence-corrected chi connectivity index (χ2v) is 4.00. The van der Waals surface area contributed by atoms with Gasteiger partial charge in [0.25, 0.3) is 0 Å². The Balaban J connectivity index is 2.59. The fraction of sp³-hybridized carbons (Fsp3) is 0.467. The Morgan fingerprint density at radius 2 is 1.68 bits per heavy atom. The lowest BCUT2D eigenvalue weighted by molar-refractivity contribution is -0.128. The van der Waals surface area contributed by atoms with E-state index < -0.39 is 0 Å². The zero-order valence-electron chi connectivity index (χ0n) is 11.2. The van der Waals surface area contributed by atoms with Crippen LogP contribution in [-0.2, 0) is 18.9 Å². The van der Waals surface area contributed by atoms with E-state index in [0.717, 1.165) is 0 Å². The van der Waals surface area contributed by atoms with E-state index in [2.05, 4.69) is 19.7 Å². The molecule has 0 bridgehead atoms. The highest BCUT2D eigenvalue weighted by atomic mass is 16.6. The molecule has 0 amide bonds. The van der Waals surface area contributed by atoms with Gasteiger partial charge in [0, 0.05) is 0 Å². The summed E-state index contributed by atoms with van der Waals surface area (Å²) in [4.78, 5) is 0. The maximum Gasteiger partial charge on any atom is 0.150 e. The van der Waals surface area contributed by atoms with Crippen LogP contribution < -0.4 is 0 Å². The molecule has 106 valence electrons. The van der Waals surface area contributed by atoms with Gasteiger partial charge in [0.05, 0.1) is 32.7 Å². The van der Waals surface area contributed by atoms with Crippen molar-refractivity contribution in [2.45, 2.75) is 18.3 Å². The average molecular weight is 266 g/mol. The first-order valence-electron chi connectivity index (χ1n) is 6.29. The summed E-state index contributed by atoms with van der Waals surface area (Å²) >= 11 is 0. The largest absolute Gasteiger partial charge is 0.493 e. The summed E-state index contributed by atoms with van der Waals surface area (Å²) in [6, 6.07) is 0. The topological polar surface area (TPSA) is 36.9 Å². The zero-order valence-corrected chi connectivity index (χ0v) is 11.2. The van der Waals surface area contributed by atoms with E-state index in [-0.39, 0.29) is 18.3 Å². The summed E-state index contributed by atoms with van der Waals surface area (Å²) < 4.78 is 22.4. The van der Waals surface area contributed by atoms with Crippen molar-refractivity contribution >= 4 is 0 Å². The van der Waals surface area contributed by atoms with E-state index in [1.54, 1.807) is 24.5 Å². The Bertz CT molecular complexity index is 311. The van der Waals surface area contributed by atoms with E-state index in [9.17, 15) is 0 Å². The van der Waals surface area contributed by atoms with Gasteiger partial charge in [0.1, 0.15) is 18.3 Å². The molecule has 0 fully saturated rings. The van der Waals surface area contributed by atoms with Crippen molar-refractivity contribution < 1.29 is 18.9 Å². The van der Waals surface area contributed by atoms with Crippen molar-refractivity contribution in [3.05, 3.63) is 50.3 Å². The highest BCUT2D eigenvalue weighted by molar-refractivity contribution is 4.99. The smallest absolute Gasteiger partial charge is 0.150 e. The summed E-state index contributed by atoms with van der Waals surface area (Å²) in [5.41, 5.74) is 0.